The fraction of sp³-hybridized carbons (Fsp3) is 0.200. The third-order valence-electron chi connectivity index (χ3n) is 4.34. The van der Waals surface area contributed by atoms with Crippen LogP contribution in [0.5, 0.6) is 0 Å². The molecular weight excluding hydrogens is 412 g/mol. The summed E-state index contributed by atoms with van der Waals surface area (Å²) in [7, 11) is -3.52. The van der Waals surface area contributed by atoms with Crippen LogP contribution in [0.2, 0.25) is 0 Å². The van der Waals surface area contributed by atoms with Gasteiger partial charge in [-0.3, -0.25) is 4.57 Å². The number of halogens is 1. The molecule has 0 spiro atoms. The third kappa shape index (κ3) is 3.37. The quantitative estimate of drug-likeness (QED) is 0.453. The number of hydrogen-bond donors (Lipinski definition) is 1. The van der Waals surface area contributed by atoms with E-state index in [0.717, 1.165) is 27.7 Å². The highest BCUT2D eigenvalue weighted by Gasteiger charge is 2.27. The van der Waals surface area contributed by atoms with Gasteiger partial charge < -0.3 is 5.73 Å². The van der Waals surface area contributed by atoms with Gasteiger partial charge in [-0.2, -0.15) is 0 Å². The summed E-state index contributed by atoms with van der Waals surface area (Å²) in [5.74, 6) is -0.0977. The standard InChI is InChI=1S/C20H21BrN2O2S/c1-2-13-26(24,25)20-18(11-12-21)17-5-3-4-6-19(17)23(20)16-9-7-15(14-22)8-10-16/h2-10H,1,11-14,22H2. The summed E-state index contributed by atoms with van der Waals surface area (Å²) in [6, 6.07) is 15.5. The van der Waals surface area contributed by atoms with E-state index in [-0.39, 0.29) is 5.75 Å². The summed E-state index contributed by atoms with van der Waals surface area (Å²) in [5, 5.41) is 1.99. The molecule has 0 aliphatic carbocycles. The van der Waals surface area contributed by atoms with E-state index in [1.807, 2.05) is 53.1 Å². The van der Waals surface area contributed by atoms with Gasteiger partial charge >= 0.3 is 0 Å². The molecule has 3 rings (SSSR count). The van der Waals surface area contributed by atoms with Gasteiger partial charge in [0.25, 0.3) is 0 Å². The summed E-state index contributed by atoms with van der Waals surface area (Å²) in [4.78, 5) is 0. The van der Waals surface area contributed by atoms with Crippen LogP contribution in [0.3, 0.4) is 0 Å². The maximum atomic E-state index is 13.1. The Hall–Kier alpha value is -1.89. The monoisotopic (exact) mass is 432 g/mol. The van der Waals surface area contributed by atoms with E-state index in [1.165, 1.54) is 6.08 Å². The first-order valence-corrected chi connectivity index (χ1v) is 11.1. The molecule has 0 amide bonds. The molecule has 26 heavy (non-hydrogen) atoms. The van der Waals surface area contributed by atoms with Crippen molar-refractivity contribution in [1.82, 2.24) is 4.57 Å². The predicted molar refractivity (Wildman–Crippen MR) is 111 cm³/mol. The van der Waals surface area contributed by atoms with Gasteiger partial charge in [0.15, 0.2) is 9.84 Å². The number of rotatable bonds is 7. The molecule has 6 heteroatoms. The van der Waals surface area contributed by atoms with Crippen molar-refractivity contribution in [3.63, 3.8) is 0 Å². The predicted octanol–water partition coefficient (Wildman–Crippen LogP) is 3.99. The lowest BCUT2D eigenvalue weighted by molar-refractivity contribution is 0.592. The molecule has 1 aromatic heterocycles. The van der Waals surface area contributed by atoms with Crippen molar-refractivity contribution in [2.45, 2.75) is 18.0 Å². The Labute approximate surface area is 162 Å². The molecule has 2 N–H and O–H groups in total. The number of fused-ring (bicyclic) bond motifs is 1. The first-order valence-electron chi connectivity index (χ1n) is 8.34. The number of alkyl halides is 1. The second-order valence-electron chi connectivity index (χ2n) is 6.02. The minimum Gasteiger partial charge on any atom is -0.326 e. The molecule has 0 radical (unpaired) electrons. The topological polar surface area (TPSA) is 65.1 Å². The van der Waals surface area contributed by atoms with E-state index in [9.17, 15) is 8.42 Å². The van der Waals surface area contributed by atoms with Crippen molar-refractivity contribution < 1.29 is 8.42 Å². The number of aryl methyl sites for hydroxylation is 1. The normalized spacial score (nSPS) is 11.8. The number of hydrogen-bond acceptors (Lipinski definition) is 3. The summed E-state index contributed by atoms with van der Waals surface area (Å²) in [5.41, 5.74) is 9.22. The molecule has 0 bridgehead atoms. The second-order valence-corrected chi connectivity index (χ2v) is 8.76. The van der Waals surface area contributed by atoms with Gasteiger partial charge in [0.1, 0.15) is 5.03 Å². The molecule has 1 heterocycles. The minimum atomic E-state index is -3.52. The zero-order chi connectivity index (χ0) is 18.7. The Morgan fingerprint density at radius 1 is 1.12 bits per heavy atom. The van der Waals surface area contributed by atoms with Gasteiger partial charge in [-0.15, -0.1) is 6.58 Å². The van der Waals surface area contributed by atoms with Gasteiger partial charge in [-0.05, 0) is 35.7 Å². The van der Waals surface area contributed by atoms with Crippen molar-refractivity contribution in [2.24, 2.45) is 5.73 Å². The number of nitrogens with zero attached hydrogens (tertiary/aromatic N) is 1. The first kappa shape index (κ1) is 18.9. The smallest absolute Gasteiger partial charge is 0.197 e. The average molecular weight is 433 g/mol. The van der Waals surface area contributed by atoms with Crippen molar-refractivity contribution >= 4 is 36.7 Å². The zero-order valence-corrected chi connectivity index (χ0v) is 16.8. The first-order chi connectivity index (χ1) is 12.5. The molecule has 0 saturated carbocycles. The molecule has 4 nitrogen and oxygen atoms in total. The van der Waals surface area contributed by atoms with Gasteiger partial charge in [-0.25, -0.2) is 8.42 Å². The van der Waals surface area contributed by atoms with Gasteiger partial charge in [0.05, 0.1) is 11.3 Å². The Morgan fingerprint density at radius 2 is 1.81 bits per heavy atom. The highest BCUT2D eigenvalue weighted by Crippen LogP contribution is 2.34. The number of aromatic nitrogens is 1. The van der Waals surface area contributed by atoms with Gasteiger partial charge in [0, 0.05) is 22.9 Å². The van der Waals surface area contributed by atoms with Crippen LogP contribution < -0.4 is 5.73 Å². The van der Waals surface area contributed by atoms with Crippen LogP contribution in [0.1, 0.15) is 11.1 Å². The minimum absolute atomic E-state index is 0.0977. The van der Waals surface area contributed by atoms with Gasteiger partial charge in [-0.1, -0.05) is 52.3 Å². The molecule has 0 saturated heterocycles. The van der Waals surface area contributed by atoms with Crippen molar-refractivity contribution in [3.8, 4) is 5.69 Å². The SMILES string of the molecule is C=CCS(=O)(=O)c1c(CCBr)c2ccccc2n1-c1ccc(CN)cc1. The van der Waals surface area contributed by atoms with E-state index >= 15 is 0 Å². The van der Waals surface area contributed by atoms with Crippen LogP contribution in [0.4, 0.5) is 0 Å². The van der Waals surface area contributed by atoms with Crippen LogP contribution in [0.25, 0.3) is 16.6 Å². The van der Waals surface area contributed by atoms with Crippen molar-refractivity contribution in [1.29, 1.82) is 0 Å². The Kier molecular flexibility index (Phi) is 5.65. The Morgan fingerprint density at radius 3 is 2.42 bits per heavy atom. The Bertz CT molecular complexity index is 1040. The summed E-state index contributed by atoms with van der Waals surface area (Å²) in [6.45, 7) is 4.06. The zero-order valence-electron chi connectivity index (χ0n) is 14.4. The molecule has 0 aliphatic heterocycles. The third-order valence-corrected chi connectivity index (χ3v) is 6.43. The highest BCUT2D eigenvalue weighted by atomic mass is 79.9. The van der Waals surface area contributed by atoms with Crippen molar-refractivity contribution in [3.05, 3.63) is 72.3 Å². The highest BCUT2D eigenvalue weighted by molar-refractivity contribution is 9.09. The van der Waals surface area contributed by atoms with Gasteiger partial charge in [0.2, 0.25) is 0 Å². The van der Waals surface area contributed by atoms with E-state index in [1.54, 1.807) is 0 Å². The lowest BCUT2D eigenvalue weighted by atomic mass is 10.1. The largest absolute Gasteiger partial charge is 0.326 e. The van der Waals surface area contributed by atoms with E-state index in [0.29, 0.717) is 23.3 Å². The van der Waals surface area contributed by atoms with E-state index < -0.39 is 9.84 Å². The van der Waals surface area contributed by atoms with Crippen molar-refractivity contribution in [2.75, 3.05) is 11.1 Å². The number of para-hydroxylation sites is 1. The van der Waals surface area contributed by atoms with E-state index in [2.05, 4.69) is 22.5 Å². The Balaban J connectivity index is 2.40. The summed E-state index contributed by atoms with van der Waals surface area (Å²) in [6.07, 6.45) is 2.06. The fourth-order valence-corrected chi connectivity index (χ4v) is 5.15. The maximum Gasteiger partial charge on any atom is 0.197 e. The summed E-state index contributed by atoms with van der Waals surface area (Å²) < 4.78 is 28.0. The average Bonchev–Trinajstić information content (AvgIpc) is 2.97. The van der Waals surface area contributed by atoms with Crippen LogP contribution in [0.15, 0.2) is 66.2 Å². The summed E-state index contributed by atoms with van der Waals surface area (Å²) >= 11 is 3.46. The fourth-order valence-electron chi connectivity index (χ4n) is 3.22. The molecule has 0 aliphatic rings. The molecule has 2 aromatic carbocycles. The molecule has 0 atom stereocenters. The van der Waals surface area contributed by atoms with Crippen LogP contribution in [0, 0.1) is 0 Å². The molecule has 136 valence electrons. The van der Waals surface area contributed by atoms with Crippen LogP contribution in [-0.2, 0) is 22.8 Å². The number of sulfone groups is 1. The molecule has 0 fully saturated rings. The maximum absolute atomic E-state index is 13.1. The molecule has 3 aromatic rings. The lowest BCUT2D eigenvalue weighted by Gasteiger charge is -2.13. The second kappa shape index (κ2) is 7.78. The molecular formula is C20H21BrN2O2S. The van der Waals surface area contributed by atoms with E-state index in [4.69, 9.17) is 5.73 Å². The lowest BCUT2D eigenvalue weighted by Crippen LogP contribution is -2.13. The van der Waals surface area contributed by atoms with Crippen LogP contribution in [-0.4, -0.2) is 24.1 Å². The number of nitrogens with two attached hydrogens (primary N) is 1. The number of benzene rings is 2. The van der Waals surface area contributed by atoms with Crippen LogP contribution >= 0.6 is 15.9 Å². The molecule has 0 unspecified atom stereocenters.